The van der Waals surface area contributed by atoms with E-state index in [1.165, 1.54) is 5.56 Å². The zero-order valence-corrected chi connectivity index (χ0v) is 18.7. The van der Waals surface area contributed by atoms with E-state index in [0.29, 0.717) is 57.3 Å². The number of rotatable bonds is 9. The van der Waals surface area contributed by atoms with Crippen molar-refractivity contribution in [3.05, 3.63) is 59.5 Å². The molecular weight excluding hydrogens is 406 g/mol. The van der Waals surface area contributed by atoms with Crippen LogP contribution in [0.4, 0.5) is 0 Å². The first-order valence-corrected chi connectivity index (χ1v) is 11.2. The fraction of sp³-hybridized carbons (Fsp3) is 0.400. The predicted molar refractivity (Wildman–Crippen MR) is 121 cm³/mol. The highest BCUT2D eigenvalue weighted by molar-refractivity contribution is 5.76. The third-order valence-corrected chi connectivity index (χ3v) is 5.51. The zero-order valence-electron chi connectivity index (χ0n) is 18.7. The molecule has 168 valence electrons. The number of carbonyl (C=O) groups is 1. The van der Waals surface area contributed by atoms with E-state index < -0.39 is 0 Å². The minimum Gasteiger partial charge on any atom is -0.490 e. The summed E-state index contributed by atoms with van der Waals surface area (Å²) in [5, 5.41) is 4.04. The quantitative estimate of drug-likeness (QED) is 0.494. The lowest BCUT2D eigenvalue weighted by Crippen LogP contribution is -2.35. The van der Waals surface area contributed by atoms with Crippen LogP contribution in [0.5, 0.6) is 11.5 Å². The van der Waals surface area contributed by atoms with Gasteiger partial charge in [-0.1, -0.05) is 35.5 Å². The normalized spacial score (nSPS) is 13.0. The number of amides is 1. The van der Waals surface area contributed by atoms with Gasteiger partial charge in [0.05, 0.1) is 13.2 Å². The summed E-state index contributed by atoms with van der Waals surface area (Å²) in [5.74, 6) is 2.81. The zero-order chi connectivity index (χ0) is 22.3. The molecule has 1 aliphatic rings. The molecule has 3 aromatic rings. The highest BCUT2D eigenvalue weighted by Crippen LogP contribution is 2.34. The Kier molecular flexibility index (Phi) is 7.04. The monoisotopic (exact) mass is 435 g/mol. The number of nitrogens with zero attached hydrogens (tertiary/aromatic N) is 3. The first kappa shape index (κ1) is 21.9. The van der Waals surface area contributed by atoms with Crippen molar-refractivity contribution in [1.29, 1.82) is 0 Å². The Labute approximate surface area is 188 Å². The van der Waals surface area contributed by atoms with Crippen LogP contribution in [0.15, 0.2) is 47.0 Å². The first-order chi connectivity index (χ1) is 15.7. The first-order valence-electron chi connectivity index (χ1n) is 11.2. The number of ether oxygens (including phenoxy) is 2. The van der Waals surface area contributed by atoms with E-state index in [2.05, 4.69) is 16.2 Å². The van der Waals surface area contributed by atoms with Gasteiger partial charge in [0, 0.05) is 31.5 Å². The lowest BCUT2D eigenvalue weighted by Gasteiger charge is -2.30. The molecule has 0 spiro atoms. The number of aryl methyl sites for hydroxylation is 1. The average molecular weight is 436 g/mol. The molecule has 0 unspecified atom stereocenters. The molecule has 7 heteroatoms. The summed E-state index contributed by atoms with van der Waals surface area (Å²) >= 11 is 0. The van der Waals surface area contributed by atoms with Gasteiger partial charge in [-0.15, -0.1) is 0 Å². The fourth-order valence-corrected chi connectivity index (χ4v) is 3.92. The summed E-state index contributed by atoms with van der Waals surface area (Å²) in [7, 11) is 0. The molecule has 0 saturated heterocycles. The second-order valence-corrected chi connectivity index (χ2v) is 7.73. The van der Waals surface area contributed by atoms with Gasteiger partial charge in [0.2, 0.25) is 17.6 Å². The Hall–Kier alpha value is -3.35. The molecule has 1 amide bonds. The van der Waals surface area contributed by atoms with Crippen LogP contribution in [0.25, 0.3) is 11.4 Å². The summed E-state index contributed by atoms with van der Waals surface area (Å²) in [6, 6.07) is 13.8. The molecule has 7 nitrogen and oxygen atoms in total. The molecule has 0 atom stereocenters. The number of fused-ring (bicyclic) bond motifs is 1. The number of hydrogen-bond donors (Lipinski definition) is 0. The smallest absolute Gasteiger partial charge is 0.226 e. The standard InChI is InChI=1S/C25H29N3O4/c1-3-30-21-15-19-13-14-28(17-20(19)16-22(21)31-4-2)24(29)12-8-11-23-26-25(27-32-23)18-9-6-5-7-10-18/h5-7,9-10,15-16H,3-4,8,11-14,17H2,1-2H3. The largest absolute Gasteiger partial charge is 0.490 e. The maximum atomic E-state index is 12.8. The van der Waals surface area contributed by atoms with E-state index in [0.717, 1.165) is 29.0 Å². The van der Waals surface area contributed by atoms with Crippen LogP contribution in [0.1, 0.15) is 43.7 Å². The molecule has 0 saturated carbocycles. The van der Waals surface area contributed by atoms with Crippen molar-refractivity contribution in [2.75, 3.05) is 19.8 Å². The van der Waals surface area contributed by atoms with Gasteiger partial charge in [0.15, 0.2) is 11.5 Å². The number of benzene rings is 2. The Morgan fingerprint density at radius 2 is 1.78 bits per heavy atom. The van der Waals surface area contributed by atoms with Gasteiger partial charge >= 0.3 is 0 Å². The lowest BCUT2D eigenvalue weighted by molar-refractivity contribution is -0.132. The number of aromatic nitrogens is 2. The summed E-state index contributed by atoms with van der Waals surface area (Å²) in [4.78, 5) is 19.2. The molecule has 4 rings (SSSR count). The molecule has 0 N–H and O–H groups in total. The Balaban J connectivity index is 1.32. The molecule has 2 aromatic carbocycles. The van der Waals surface area contributed by atoms with Crippen molar-refractivity contribution in [2.45, 2.75) is 46.1 Å². The van der Waals surface area contributed by atoms with E-state index in [-0.39, 0.29) is 5.91 Å². The van der Waals surface area contributed by atoms with E-state index in [4.69, 9.17) is 14.0 Å². The van der Waals surface area contributed by atoms with E-state index in [1.54, 1.807) is 0 Å². The van der Waals surface area contributed by atoms with Gasteiger partial charge in [-0.2, -0.15) is 4.98 Å². The molecular formula is C25H29N3O4. The summed E-state index contributed by atoms with van der Waals surface area (Å²) in [5.41, 5.74) is 3.27. The summed E-state index contributed by atoms with van der Waals surface area (Å²) in [6.07, 6.45) is 2.53. The Morgan fingerprint density at radius 3 is 2.50 bits per heavy atom. The van der Waals surface area contributed by atoms with Crippen molar-refractivity contribution in [3.63, 3.8) is 0 Å². The third kappa shape index (κ3) is 5.10. The van der Waals surface area contributed by atoms with Gasteiger partial charge in [0.1, 0.15) is 0 Å². The van der Waals surface area contributed by atoms with Gasteiger partial charge < -0.3 is 18.9 Å². The highest BCUT2D eigenvalue weighted by Gasteiger charge is 2.23. The minimum absolute atomic E-state index is 0.144. The van der Waals surface area contributed by atoms with Crippen LogP contribution in [0, 0.1) is 0 Å². The third-order valence-electron chi connectivity index (χ3n) is 5.51. The van der Waals surface area contributed by atoms with Crippen LogP contribution in [-0.2, 0) is 24.2 Å². The topological polar surface area (TPSA) is 77.7 Å². The van der Waals surface area contributed by atoms with Crippen LogP contribution < -0.4 is 9.47 Å². The average Bonchev–Trinajstić information content (AvgIpc) is 3.29. The van der Waals surface area contributed by atoms with Crippen LogP contribution in [-0.4, -0.2) is 40.7 Å². The van der Waals surface area contributed by atoms with Gasteiger partial charge in [-0.05, 0) is 49.9 Å². The van der Waals surface area contributed by atoms with E-state index >= 15 is 0 Å². The SMILES string of the molecule is CCOc1cc2c(cc1OCC)CN(C(=O)CCCc1nc(-c3ccccc3)no1)CC2. The second-order valence-electron chi connectivity index (χ2n) is 7.73. The molecule has 0 radical (unpaired) electrons. The fourth-order valence-electron chi connectivity index (χ4n) is 3.92. The second kappa shape index (κ2) is 10.3. The van der Waals surface area contributed by atoms with E-state index in [1.807, 2.05) is 55.1 Å². The molecule has 0 aliphatic carbocycles. The molecule has 1 aliphatic heterocycles. The molecule has 1 aromatic heterocycles. The number of carbonyl (C=O) groups excluding carboxylic acids is 1. The predicted octanol–water partition coefficient (Wildman–Crippen LogP) is 4.44. The van der Waals surface area contributed by atoms with Gasteiger partial charge in [0.25, 0.3) is 0 Å². The van der Waals surface area contributed by atoms with Crippen molar-refractivity contribution in [3.8, 4) is 22.9 Å². The summed E-state index contributed by atoms with van der Waals surface area (Å²) in [6.45, 7) is 6.40. The van der Waals surface area contributed by atoms with Crippen LogP contribution in [0.2, 0.25) is 0 Å². The maximum absolute atomic E-state index is 12.8. The minimum atomic E-state index is 0.144. The van der Waals surface area contributed by atoms with Crippen molar-refractivity contribution in [2.24, 2.45) is 0 Å². The molecule has 0 bridgehead atoms. The highest BCUT2D eigenvalue weighted by atomic mass is 16.5. The Morgan fingerprint density at radius 1 is 1.06 bits per heavy atom. The molecule has 0 fully saturated rings. The van der Waals surface area contributed by atoms with Crippen molar-refractivity contribution in [1.82, 2.24) is 15.0 Å². The molecule has 32 heavy (non-hydrogen) atoms. The van der Waals surface area contributed by atoms with Crippen LogP contribution >= 0.6 is 0 Å². The van der Waals surface area contributed by atoms with Crippen LogP contribution in [0.3, 0.4) is 0 Å². The molecule has 2 heterocycles. The van der Waals surface area contributed by atoms with Crippen molar-refractivity contribution >= 4 is 5.91 Å². The van der Waals surface area contributed by atoms with Gasteiger partial charge in [-0.25, -0.2) is 0 Å². The lowest BCUT2D eigenvalue weighted by atomic mass is 9.98. The Bertz CT molecular complexity index is 1050. The van der Waals surface area contributed by atoms with Crippen molar-refractivity contribution < 1.29 is 18.8 Å². The van der Waals surface area contributed by atoms with E-state index in [9.17, 15) is 4.79 Å². The summed E-state index contributed by atoms with van der Waals surface area (Å²) < 4.78 is 16.8. The number of hydrogen-bond acceptors (Lipinski definition) is 6. The van der Waals surface area contributed by atoms with Gasteiger partial charge in [-0.3, -0.25) is 4.79 Å². The maximum Gasteiger partial charge on any atom is 0.226 e.